The lowest BCUT2D eigenvalue weighted by atomic mass is 10.0. The zero-order valence-corrected chi connectivity index (χ0v) is 17.6. The third kappa shape index (κ3) is 3.71. The fourth-order valence-electron chi connectivity index (χ4n) is 3.38. The van der Waals surface area contributed by atoms with Crippen LogP contribution in [-0.4, -0.2) is 26.7 Å². The lowest BCUT2D eigenvalue weighted by molar-refractivity contribution is 0.405. The summed E-state index contributed by atoms with van der Waals surface area (Å²) in [6.45, 7) is 2.02. The Morgan fingerprint density at radius 3 is 2.83 bits per heavy atom. The molecule has 0 bridgehead atoms. The minimum absolute atomic E-state index is 0.206. The first-order valence-corrected chi connectivity index (χ1v) is 9.91. The molecule has 0 aliphatic carbocycles. The summed E-state index contributed by atoms with van der Waals surface area (Å²) in [6, 6.07) is 10.1. The van der Waals surface area contributed by atoms with E-state index in [1.807, 2.05) is 19.1 Å². The van der Waals surface area contributed by atoms with Crippen molar-refractivity contribution in [2.45, 2.75) is 19.4 Å². The average Bonchev–Trinajstić information content (AvgIpc) is 3.23. The third-order valence-electron chi connectivity index (χ3n) is 4.86. The molecular weight excluding hydrogens is 407 g/mol. The number of fused-ring (bicyclic) bond motifs is 1. The number of nitrogens with one attached hydrogen (secondary N) is 1. The van der Waals surface area contributed by atoms with E-state index in [4.69, 9.17) is 4.74 Å². The molecule has 0 saturated carbocycles. The Labute approximate surface area is 174 Å². The first-order chi connectivity index (χ1) is 14.5. The zero-order chi connectivity index (χ0) is 21.3. The number of hydrogen-bond donors (Lipinski definition) is 1. The van der Waals surface area contributed by atoms with Crippen molar-refractivity contribution in [2.75, 3.05) is 12.4 Å². The minimum atomic E-state index is -1.24. The van der Waals surface area contributed by atoms with Crippen LogP contribution in [0.15, 0.2) is 48.9 Å². The monoisotopic (exact) mass is 427 g/mol. The minimum Gasteiger partial charge on any atom is -0.496 e. The molecule has 0 saturated heterocycles. The molecule has 3 heterocycles. The summed E-state index contributed by atoms with van der Waals surface area (Å²) in [6.07, 6.45) is 3.19. The summed E-state index contributed by atoms with van der Waals surface area (Å²) in [7, 11) is 3.67. The second kappa shape index (κ2) is 8.32. The van der Waals surface area contributed by atoms with Gasteiger partial charge in [-0.25, -0.2) is 8.78 Å². The van der Waals surface area contributed by atoms with Gasteiger partial charge in [-0.3, -0.25) is 9.38 Å². The molecule has 2 unspecified atom stereocenters. The van der Waals surface area contributed by atoms with Crippen LogP contribution in [0.2, 0.25) is 0 Å². The number of hydrogen-bond acceptors (Lipinski definition) is 5. The molecule has 6 nitrogen and oxygen atoms in total. The van der Waals surface area contributed by atoms with E-state index in [0.29, 0.717) is 39.5 Å². The maximum Gasteiger partial charge on any atom is 0.170 e. The largest absolute Gasteiger partial charge is 0.496 e. The van der Waals surface area contributed by atoms with Gasteiger partial charge in [0, 0.05) is 40.7 Å². The van der Waals surface area contributed by atoms with Gasteiger partial charge in [0.15, 0.2) is 5.65 Å². The van der Waals surface area contributed by atoms with Crippen molar-refractivity contribution in [3.8, 4) is 16.9 Å². The maximum absolute atomic E-state index is 14.2. The number of benzene rings is 1. The van der Waals surface area contributed by atoms with Gasteiger partial charge in [-0.1, -0.05) is 15.3 Å². The molecule has 4 rings (SSSR count). The Balaban J connectivity index is 1.73. The lowest BCUT2D eigenvalue weighted by Gasteiger charge is -2.15. The number of halogens is 2. The molecule has 154 valence electrons. The third-order valence-corrected chi connectivity index (χ3v) is 5.22. The topological polar surface area (TPSA) is 64.3 Å². The summed E-state index contributed by atoms with van der Waals surface area (Å²) in [5.41, 5.74) is 3.54. The standard InChI is InChI=1S/C21H20F2N5OP/c1-12-8-14(20(23)30)15(9-24-12)13-6-7-19(28-11-26-27-21(13)28)25-10-16-17(22)4-3-5-18(16)29-2/h3-9,11,20,25H,10,30H2,1-2H3. The molecule has 2 atom stereocenters. The summed E-state index contributed by atoms with van der Waals surface area (Å²) in [5, 5.41) is 11.4. The van der Waals surface area contributed by atoms with E-state index in [0.717, 1.165) is 5.69 Å². The quantitative estimate of drug-likeness (QED) is 0.452. The van der Waals surface area contributed by atoms with Crippen molar-refractivity contribution >= 4 is 20.7 Å². The van der Waals surface area contributed by atoms with Crippen LogP contribution in [0.3, 0.4) is 0 Å². The normalized spacial score (nSPS) is 12.2. The van der Waals surface area contributed by atoms with Crippen LogP contribution in [0.25, 0.3) is 16.8 Å². The number of alkyl halides is 1. The van der Waals surface area contributed by atoms with Gasteiger partial charge < -0.3 is 10.1 Å². The van der Waals surface area contributed by atoms with Crippen molar-refractivity contribution in [1.29, 1.82) is 0 Å². The van der Waals surface area contributed by atoms with Crippen molar-refractivity contribution < 1.29 is 13.5 Å². The Morgan fingerprint density at radius 2 is 2.07 bits per heavy atom. The van der Waals surface area contributed by atoms with Gasteiger partial charge >= 0.3 is 0 Å². The van der Waals surface area contributed by atoms with Gasteiger partial charge in [-0.15, -0.1) is 10.2 Å². The Bertz CT molecular complexity index is 1210. The molecule has 0 aliphatic rings. The highest BCUT2D eigenvalue weighted by atomic mass is 31.0. The molecular formula is C21H20F2N5OP. The Morgan fingerprint density at radius 1 is 1.23 bits per heavy atom. The summed E-state index contributed by atoms with van der Waals surface area (Å²) < 4.78 is 35.4. The lowest BCUT2D eigenvalue weighted by Crippen LogP contribution is -2.07. The van der Waals surface area contributed by atoms with E-state index in [1.54, 1.807) is 35.1 Å². The number of aryl methyl sites for hydroxylation is 1. The van der Waals surface area contributed by atoms with Crippen molar-refractivity contribution in [1.82, 2.24) is 19.6 Å². The molecule has 1 N–H and O–H groups in total. The Hall–Kier alpha value is -3.12. The molecule has 0 radical (unpaired) electrons. The second-order valence-electron chi connectivity index (χ2n) is 6.75. The molecule has 0 amide bonds. The number of aromatic nitrogens is 4. The summed E-state index contributed by atoms with van der Waals surface area (Å²) in [4.78, 5) is 4.31. The smallest absolute Gasteiger partial charge is 0.170 e. The van der Waals surface area contributed by atoms with Crippen LogP contribution in [0, 0.1) is 12.7 Å². The van der Waals surface area contributed by atoms with Crippen LogP contribution in [0.4, 0.5) is 14.6 Å². The van der Waals surface area contributed by atoms with E-state index in [-0.39, 0.29) is 12.4 Å². The zero-order valence-electron chi connectivity index (χ0n) is 16.4. The summed E-state index contributed by atoms with van der Waals surface area (Å²) >= 11 is 0. The molecule has 0 fully saturated rings. The highest BCUT2D eigenvalue weighted by Crippen LogP contribution is 2.36. The van der Waals surface area contributed by atoms with Crippen molar-refractivity contribution in [3.05, 3.63) is 71.6 Å². The van der Waals surface area contributed by atoms with Crippen LogP contribution in [-0.2, 0) is 6.54 Å². The molecule has 1 aromatic carbocycles. The maximum atomic E-state index is 14.2. The number of nitrogens with zero attached hydrogens (tertiary/aromatic N) is 4. The van der Waals surface area contributed by atoms with E-state index in [2.05, 4.69) is 29.7 Å². The van der Waals surface area contributed by atoms with E-state index >= 15 is 0 Å². The van der Waals surface area contributed by atoms with Crippen LogP contribution in [0.5, 0.6) is 5.75 Å². The fourth-order valence-corrected chi connectivity index (χ4v) is 3.66. The van der Waals surface area contributed by atoms with Crippen LogP contribution >= 0.6 is 9.24 Å². The first-order valence-electron chi connectivity index (χ1n) is 9.24. The highest BCUT2D eigenvalue weighted by molar-refractivity contribution is 7.16. The molecule has 0 aliphatic heterocycles. The van der Waals surface area contributed by atoms with Crippen LogP contribution < -0.4 is 10.1 Å². The number of anilines is 1. The highest BCUT2D eigenvalue weighted by Gasteiger charge is 2.17. The van der Waals surface area contributed by atoms with Gasteiger partial charge in [-0.2, -0.15) is 0 Å². The number of methoxy groups -OCH3 is 1. The number of ether oxygens (including phenoxy) is 1. The van der Waals surface area contributed by atoms with Gasteiger partial charge in [0.05, 0.1) is 7.11 Å². The SMILES string of the molecule is COc1cccc(F)c1CNc1ccc(-c2cnc(C)cc2C(F)P)c2nncn12. The van der Waals surface area contributed by atoms with Crippen molar-refractivity contribution in [3.63, 3.8) is 0 Å². The van der Waals surface area contributed by atoms with Gasteiger partial charge in [0.1, 0.15) is 29.6 Å². The van der Waals surface area contributed by atoms with Gasteiger partial charge in [-0.05, 0) is 37.3 Å². The van der Waals surface area contributed by atoms with E-state index < -0.39 is 5.91 Å². The van der Waals surface area contributed by atoms with Crippen molar-refractivity contribution in [2.24, 2.45) is 0 Å². The van der Waals surface area contributed by atoms with Gasteiger partial charge in [0.2, 0.25) is 0 Å². The molecule has 9 heteroatoms. The van der Waals surface area contributed by atoms with E-state index in [9.17, 15) is 8.78 Å². The number of rotatable bonds is 6. The molecule has 0 spiro atoms. The van der Waals surface area contributed by atoms with Gasteiger partial charge in [0.25, 0.3) is 0 Å². The predicted octanol–water partition coefficient (Wildman–Crippen LogP) is 4.70. The predicted molar refractivity (Wildman–Crippen MR) is 115 cm³/mol. The fraction of sp³-hybridized carbons (Fsp3) is 0.190. The second-order valence-corrected chi connectivity index (χ2v) is 7.33. The first kappa shape index (κ1) is 20.2. The molecule has 3 aromatic heterocycles. The van der Waals surface area contributed by atoms with E-state index in [1.165, 1.54) is 13.2 Å². The molecule has 4 aromatic rings. The average molecular weight is 427 g/mol. The van der Waals surface area contributed by atoms with Crippen LogP contribution in [0.1, 0.15) is 22.7 Å². The summed E-state index contributed by atoms with van der Waals surface area (Å²) in [5.74, 6) is -0.475. The number of pyridine rings is 2. The molecule has 30 heavy (non-hydrogen) atoms. The Kier molecular flexibility index (Phi) is 5.59.